The zero-order valence-electron chi connectivity index (χ0n) is 5.26. The van der Waals surface area contributed by atoms with Crippen molar-refractivity contribution in [3.8, 4) is 0 Å². The molecule has 0 bridgehead atoms. The summed E-state index contributed by atoms with van der Waals surface area (Å²) in [6.07, 6.45) is 2.78. The van der Waals surface area contributed by atoms with Crippen molar-refractivity contribution in [2.45, 2.75) is 6.42 Å². The third kappa shape index (κ3) is 1.68. The highest BCUT2D eigenvalue weighted by Crippen LogP contribution is 2.08. The number of hydrogen-bond acceptors (Lipinski definition) is 2. The second-order valence-electron chi connectivity index (χ2n) is 2.24. The maximum atomic E-state index is 10.5. The Morgan fingerprint density at radius 1 is 1.78 bits per heavy atom. The fourth-order valence-electron chi connectivity index (χ4n) is 0.961. The largest absolute Gasteiger partial charge is 0.369 e. The van der Waals surface area contributed by atoms with Gasteiger partial charge in [-0.3, -0.25) is 4.79 Å². The lowest BCUT2D eigenvalue weighted by atomic mass is 9.98. The summed E-state index contributed by atoms with van der Waals surface area (Å²) in [6, 6.07) is 0. The van der Waals surface area contributed by atoms with Gasteiger partial charge in [-0.25, -0.2) is 0 Å². The Morgan fingerprint density at radius 3 is 2.89 bits per heavy atom. The van der Waals surface area contributed by atoms with Gasteiger partial charge in [-0.2, -0.15) is 0 Å². The lowest BCUT2D eigenvalue weighted by Gasteiger charge is -2.18. The van der Waals surface area contributed by atoms with Crippen LogP contribution in [-0.2, 0) is 4.79 Å². The third-order valence-corrected chi connectivity index (χ3v) is 1.54. The Kier molecular flexibility index (Phi) is 2.05. The molecule has 3 nitrogen and oxygen atoms in total. The van der Waals surface area contributed by atoms with Crippen LogP contribution in [0.15, 0.2) is 0 Å². The maximum Gasteiger partial charge on any atom is 0.220 e. The zero-order valence-corrected chi connectivity index (χ0v) is 5.26. The maximum absolute atomic E-state index is 10.5. The summed E-state index contributed by atoms with van der Waals surface area (Å²) in [5.74, 6) is -0.192. The van der Waals surface area contributed by atoms with Gasteiger partial charge in [0.1, 0.15) is 0 Å². The second kappa shape index (κ2) is 2.82. The van der Waals surface area contributed by atoms with Gasteiger partial charge in [0.2, 0.25) is 5.91 Å². The van der Waals surface area contributed by atoms with Crippen molar-refractivity contribution in [3.05, 3.63) is 6.42 Å². The number of nitrogens with one attached hydrogen (secondary N) is 1. The van der Waals surface area contributed by atoms with E-state index in [1.807, 2.05) is 6.42 Å². The van der Waals surface area contributed by atoms with Crippen LogP contribution >= 0.6 is 0 Å². The summed E-state index contributed by atoms with van der Waals surface area (Å²) in [7, 11) is 0. The van der Waals surface area contributed by atoms with Gasteiger partial charge in [0.25, 0.3) is 0 Å². The summed E-state index contributed by atoms with van der Waals surface area (Å²) in [5.41, 5.74) is 5.07. The van der Waals surface area contributed by atoms with E-state index in [2.05, 4.69) is 5.32 Å². The van der Waals surface area contributed by atoms with Gasteiger partial charge in [-0.15, -0.1) is 0 Å². The predicted molar refractivity (Wildman–Crippen MR) is 34.5 cm³/mol. The Bertz CT molecular complexity index is 108. The van der Waals surface area contributed by atoms with E-state index in [1.165, 1.54) is 0 Å². The van der Waals surface area contributed by atoms with Gasteiger partial charge < -0.3 is 11.1 Å². The molecule has 1 saturated heterocycles. The van der Waals surface area contributed by atoms with Crippen LogP contribution in [-0.4, -0.2) is 19.0 Å². The first-order valence-corrected chi connectivity index (χ1v) is 3.14. The van der Waals surface area contributed by atoms with E-state index in [9.17, 15) is 4.79 Å². The Labute approximate surface area is 54.6 Å². The van der Waals surface area contributed by atoms with E-state index in [0.29, 0.717) is 0 Å². The van der Waals surface area contributed by atoms with E-state index in [0.717, 1.165) is 19.5 Å². The molecule has 1 unspecified atom stereocenters. The first-order valence-electron chi connectivity index (χ1n) is 3.14. The summed E-state index contributed by atoms with van der Waals surface area (Å²) >= 11 is 0. The molecule has 1 fully saturated rings. The molecule has 1 heterocycles. The molecular formula is C6H11N2O. The molecule has 3 heteroatoms. The standard InChI is InChI=1S/C6H11N2O/c7-6(9)5-1-3-8-4-2-5/h1,5,8H,2-4H2,(H2,7,9). The normalized spacial score (nSPS) is 21.8. The van der Waals surface area contributed by atoms with Crippen LogP contribution in [0.1, 0.15) is 6.42 Å². The summed E-state index contributed by atoms with van der Waals surface area (Å²) < 4.78 is 0. The number of amides is 1. The molecule has 3 N–H and O–H groups in total. The number of piperidine rings is 1. The molecule has 0 aliphatic carbocycles. The van der Waals surface area contributed by atoms with Crippen molar-refractivity contribution in [2.75, 3.05) is 13.1 Å². The van der Waals surface area contributed by atoms with Crippen LogP contribution in [0, 0.1) is 12.3 Å². The molecule has 0 aromatic heterocycles. The Balaban J connectivity index is 2.31. The first-order chi connectivity index (χ1) is 4.30. The summed E-state index contributed by atoms with van der Waals surface area (Å²) in [5, 5.41) is 3.11. The van der Waals surface area contributed by atoms with Crippen molar-refractivity contribution in [1.82, 2.24) is 5.32 Å². The van der Waals surface area contributed by atoms with Gasteiger partial charge in [0.05, 0.1) is 0 Å². The lowest BCUT2D eigenvalue weighted by Crippen LogP contribution is -2.35. The van der Waals surface area contributed by atoms with E-state index in [4.69, 9.17) is 5.73 Å². The van der Waals surface area contributed by atoms with Crippen molar-refractivity contribution in [3.63, 3.8) is 0 Å². The minimum atomic E-state index is -0.198. The van der Waals surface area contributed by atoms with Crippen LogP contribution in [0.3, 0.4) is 0 Å². The molecule has 0 aromatic carbocycles. The highest BCUT2D eigenvalue weighted by atomic mass is 16.1. The average molecular weight is 127 g/mol. The van der Waals surface area contributed by atoms with Crippen LogP contribution in [0.25, 0.3) is 0 Å². The molecule has 1 aliphatic rings. The smallest absolute Gasteiger partial charge is 0.220 e. The van der Waals surface area contributed by atoms with E-state index >= 15 is 0 Å². The minimum Gasteiger partial charge on any atom is -0.369 e. The number of nitrogens with two attached hydrogens (primary N) is 1. The summed E-state index contributed by atoms with van der Waals surface area (Å²) in [4.78, 5) is 10.5. The fraction of sp³-hybridized carbons (Fsp3) is 0.667. The van der Waals surface area contributed by atoms with Gasteiger partial charge in [-0.1, -0.05) is 0 Å². The Hall–Kier alpha value is -0.570. The molecule has 1 rings (SSSR count). The van der Waals surface area contributed by atoms with Crippen LogP contribution in [0.4, 0.5) is 0 Å². The number of primary amides is 1. The van der Waals surface area contributed by atoms with E-state index in [1.54, 1.807) is 0 Å². The van der Waals surface area contributed by atoms with Gasteiger partial charge in [0, 0.05) is 5.92 Å². The number of carbonyl (C=O) groups is 1. The minimum absolute atomic E-state index is 0.00579. The lowest BCUT2D eigenvalue weighted by molar-refractivity contribution is -0.121. The predicted octanol–water partition coefficient (Wildman–Crippen LogP) is -0.715. The molecule has 0 aromatic rings. The molecular weight excluding hydrogens is 116 g/mol. The van der Waals surface area contributed by atoms with Crippen molar-refractivity contribution < 1.29 is 4.79 Å². The molecule has 0 saturated carbocycles. The fourth-order valence-corrected chi connectivity index (χ4v) is 0.961. The Morgan fingerprint density at radius 2 is 2.56 bits per heavy atom. The first kappa shape index (κ1) is 6.55. The van der Waals surface area contributed by atoms with E-state index < -0.39 is 0 Å². The van der Waals surface area contributed by atoms with Crippen molar-refractivity contribution in [1.29, 1.82) is 0 Å². The van der Waals surface area contributed by atoms with E-state index in [-0.39, 0.29) is 11.8 Å². The zero-order chi connectivity index (χ0) is 6.69. The molecule has 1 radical (unpaired) electrons. The highest BCUT2D eigenvalue weighted by Gasteiger charge is 2.17. The van der Waals surface area contributed by atoms with Crippen LogP contribution < -0.4 is 11.1 Å². The summed E-state index contributed by atoms with van der Waals surface area (Å²) in [6.45, 7) is 1.72. The average Bonchev–Trinajstić information content (AvgIpc) is 1.90. The van der Waals surface area contributed by atoms with Crippen LogP contribution in [0.5, 0.6) is 0 Å². The topological polar surface area (TPSA) is 55.1 Å². The van der Waals surface area contributed by atoms with Gasteiger partial charge >= 0.3 is 0 Å². The number of rotatable bonds is 1. The quantitative estimate of drug-likeness (QED) is 0.488. The van der Waals surface area contributed by atoms with Gasteiger partial charge in [0.15, 0.2) is 0 Å². The highest BCUT2D eigenvalue weighted by molar-refractivity contribution is 5.78. The molecule has 9 heavy (non-hydrogen) atoms. The molecule has 1 atom stereocenters. The second-order valence-corrected chi connectivity index (χ2v) is 2.24. The molecule has 51 valence electrons. The van der Waals surface area contributed by atoms with Crippen molar-refractivity contribution >= 4 is 5.91 Å². The number of carbonyl (C=O) groups excluding carboxylic acids is 1. The number of hydrogen-bond donors (Lipinski definition) is 2. The molecule has 0 spiro atoms. The van der Waals surface area contributed by atoms with Gasteiger partial charge in [-0.05, 0) is 25.9 Å². The SMILES string of the molecule is NC(=O)C1[CH]CNCC1. The third-order valence-electron chi connectivity index (χ3n) is 1.54. The van der Waals surface area contributed by atoms with Crippen molar-refractivity contribution in [2.24, 2.45) is 11.7 Å². The monoisotopic (exact) mass is 127 g/mol. The van der Waals surface area contributed by atoms with Crippen LogP contribution in [0.2, 0.25) is 0 Å². The molecule has 1 amide bonds. The molecule has 1 aliphatic heterocycles.